The third-order valence-corrected chi connectivity index (χ3v) is 3.67. The second-order valence-electron chi connectivity index (χ2n) is 5.05. The van der Waals surface area contributed by atoms with E-state index in [1.165, 1.54) is 0 Å². The fourth-order valence-corrected chi connectivity index (χ4v) is 2.27. The van der Waals surface area contributed by atoms with E-state index < -0.39 is 18.0 Å². The summed E-state index contributed by atoms with van der Waals surface area (Å²) in [7, 11) is 0. The van der Waals surface area contributed by atoms with Gasteiger partial charge in [0.2, 0.25) is 0 Å². The lowest BCUT2D eigenvalue weighted by Crippen LogP contribution is -2.43. The largest absolute Gasteiger partial charge is 0.480 e. The first-order valence-corrected chi connectivity index (χ1v) is 8.22. The summed E-state index contributed by atoms with van der Waals surface area (Å²) in [6, 6.07) is 6.17. The normalized spacial score (nSPS) is 12.0. The summed E-state index contributed by atoms with van der Waals surface area (Å²) in [6.07, 6.45) is 2.30. The molecule has 0 aliphatic rings. The molecule has 5 nitrogen and oxygen atoms in total. The Kier molecular flexibility index (Phi) is 7.08. The van der Waals surface area contributed by atoms with E-state index in [-0.39, 0.29) is 0 Å². The van der Waals surface area contributed by atoms with Crippen LogP contribution >= 0.6 is 11.8 Å². The van der Waals surface area contributed by atoms with Gasteiger partial charge in [-0.3, -0.25) is 0 Å². The first kappa shape index (κ1) is 17.4. The van der Waals surface area contributed by atoms with E-state index in [0.717, 1.165) is 5.56 Å². The van der Waals surface area contributed by atoms with Crippen molar-refractivity contribution in [2.75, 3.05) is 17.3 Å². The molecular weight excluding hydrogens is 288 g/mol. The maximum absolute atomic E-state index is 11.9. The van der Waals surface area contributed by atoms with Crippen molar-refractivity contribution in [2.45, 2.75) is 32.2 Å². The van der Waals surface area contributed by atoms with E-state index in [4.69, 9.17) is 5.11 Å². The topological polar surface area (TPSA) is 78.4 Å². The molecule has 21 heavy (non-hydrogen) atoms. The van der Waals surface area contributed by atoms with E-state index in [1.54, 1.807) is 17.8 Å². The van der Waals surface area contributed by atoms with Gasteiger partial charge in [0.1, 0.15) is 6.04 Å². The number of carboxylic acids is 1. The summed E-state index contributed by atoms with van der Waals surface area (Å²) in [5.41, 5.74) is 1.78. The third kappa shape index (κ3) is 6.08. The van der Waals surface area contributed by atoms with Crippen molar-refractivity contribution in [3.63, 3.8) is 0 Å². The van der Waals surface area contributed by atoms with Gasteiger partial charge in [0.05, 0.1) is 0 Å². The van der Waals surface area contributed by atoms with Crippen LogP contribution in [-0.2, 0) is 4.79 Å². The fraction of sp³-hybridized carbons (Fsp3) is 0.467. The average molecular weight is 310 g/mol. The van der Waals surface area contributed by atoms with Crippen molar-refractivity contribution in [3.8, 4) is 0 Å². The number of amides is 2. The van der Waals surface area contributed by atoms with Crippen LogP contribution in [0.4, 0.5) is 10.5 Å². The number of thioether (sulfide) groups is 1. The molecule has 1 aromatic rings. The molecule has 0 saturated carbocycles. The molecule has 0 aromatic heterocycles. The Balaban J connectivity index is 2.63. The number of urea groups is 1. The number of hydrogen-bond acceptors (Lipinski definition) is 3. The van der Waals surface area contributed by atoms with Gasteiger partial charge in [-0.2, -0.15) is 11.8 Å². The highest BCUT2D eigenvalue weighted by atomic mass is 32.2. The van der Waals surface area contributed by atoms with E-state index in [1.807, 2.05) is 24.5 Å². The zero-order valence-corrected chi connectivity index (χ0v) is 13.4. The highest BCUT2D eigenvalue weighted by Crippen LogP contribution is 2.18. The molecule has 0 bridgehead atoms. The summed E-state index contributed by atoms with van der Waals surface area (Å²) in [5, 5.41) is 14.2. The molecule has 0 unspecified atom stereocenters. The fourth-order valence-electron chi connectivity index (χ4n) is 1.79. The van der Waals surface area contributed by atoms with Crippen LogP contribution in [0.15, 0.2) is 24.3 Å². The molecule has 0 fully saturated rings. The maximum atomic E-state index is 11.9. The van der Waals surface area contributed by atoms with E-state index in [9.17, 15) is 9.59 Å². The second-order valence-corrected chi connectivity index (χ2v) is 6.04. The standard InChI is InChI=1S/C15H22N2O3S/c1-10(2)11-5-4-6-12(9-11)16-15(20)17-13(14(18)19)7-8-21-3/h4-6,9-10,13H,7-8H2,1-3H3,(H,18,19)(H2,16,17,20)/t13-/m0/s1. The molecule has 1 atom stereocenters. The Morgan fingerprint density at radius 2 is 2.05 bits per heavy atom. The van der Waals surface area contributed by atoms with Crippen LogP contribution in [0.2, 0.25) is 0 Å². The molecule has 0 aliphatic heterocycles. The predicted molar refractivity (Wildman–Crippen MR) is 87.1 cm³/mol. The summed E-state index contributed by atoms with van der Waals surface area (Å²) in [6.45, 7) is 4.14. The van der Waals surface area contributed by atoms with Crippen molar-refractivity contribution in [3.05, 3.63) is 29.8 Å². The monoisotopic (exact) mass is 310 g/mol. The van der Waals surface area contributed by atoms with Gasteiger partial charge in [0.25, 0.3) is 0 Å². The molecule has 6 heteroatoms. The molecule has 1 aromatic carbocycles. The zero-order valence-electron chi connectivity index (χ0n) is 12.6. The number of aliphatic carboxylic acids is 1. The molecule has 2 amide bonds. The van der Waals surface area contributed by atoms with Crippen LogP contribution in [-0.4, -0.2) is 35.2 Å². The van der Waals surface area contributed by atoms with Crippen molar-refractivity contribution in [1.29, 1.82) is 0 Å². The Morgan fingerprint density at radius 3 is 2.62 bits per heavy atom. The molecule has 1 rings (SSSR count). The summed E-state index contributed by atoms with van der Waals surface area (Å²) in [5.74, 6) is 0.0263. The van der Waals surface area contributed by atoms with Crippen LogP contribution in [0, 0.1) is 0 Å². The van der Waals surface area contributed by atoms with E-state index >= 15 is 0 Å². The second kappa shape index (κ2) is 8.56. The number of carbonyl (C=O) groups excluding carboxylic acids is 1. The van der Waals surface area contributed by atoms with Crippen molar-refractivity contribution < 1.29 is 14.7 Å². The van der Waals surface area contributed by atoms with Crippen LogP contribution in [0.5, 0.6) is 0 Å². The van der Waals surface area contributed by atoms with Crippen molar-refractivity contribution >= 4 is 29.4 Å². The Hall–Kier alpha value is -1.69. The van der Waals surface area contributed by atoms with Gasteiger partial charge in [-0.05, 0) is 42.0 Å². The highest BCUT2D eigenvalue weighted by molar-refractivity contribution is 7.98. The number of nitrogens with one attached hydrogen (secondary N) is 2. The summed E-state index contributed by atoms with van der Waals surface area (Å²) < 4.78 is 0. The highest BCUT2D eigenvalue weighted by Gasteiger charge is 2.19. The number of carboxylic acid groups (broad SMARTS) is 1. The quantitative estimate of drug-likeness (QED) is 0.723. The van der Waals surface area contributed by atoms with Crippen molar-refractivity contribution in [1.82, 2.24) is 5.32 Å². The molecule has 3 N–H and O–H groups in total. The summed E-state index contributed by atoms with van der Waals surface area (Å²) >= 11 is 1.55. The van der Waals surface area contributed by atoms with Crippen LogP contribution in [0.3, 0.4) is 0 Å². The molecule has 116 valence electrons. The Morgan fingerprint density at radius 1 is 1.33 bits per heavy atom. The van der Waals surface area contributed by atoms with Crippen molar-refractivity contribution in [2.24, 2.45) is 0 Å². The summed E-state index contributed by atoms with van der Waals surface area (Å²) in [4.78, 5) is 23.0. The molecule has 0 heterocycles. The average Bonchev–Trinajstić information content (AvgIpc) is 2.43. The molecule has 0 aliphatic carbocycles. The number of anilines is 1. The van der Waals surface area contributed by atoms with Gasteiger partial charge in [0, 0.05) is 5.69 Å². The Bertz CT molecular complexity index is 492. The van der Waals surface area contributed by atoms with Gasteiger partial charge in [0.15, 0.2) is 0 Å². The maximum Gasteiger partial charge on any atom is 0.326 e. The lowest BCUT2D eigenvalue weighted by molar-refractivity contribution is -0.139. The molecule has 0 spiro atoms. The van der Waals surface area contributed by atoms with Gasteiger partial charge < -0.3 is 15.7 Å². The molecule has 0 radical (unpaired) electrons. The minimum absolute atomic E-state index is 0.364. The minimum atomic E-state index is -1.02. The number of rotatable bonds is 7. The first-order chi connectivity index (χ1) is 9.93. The number of carbonyl (C=O) groups is 2. The lowest BCUT2D eigenvalue weighted by atomic mass is 10.0. The van der Waals surface area contributed by atoms with Gasteiger partial charge in [-0.15, -0.1) is 0 Å². The molecular formula is C15H22N2O3S. The van der Waals surface area contributed by atoms with Crippen LogP contribution in [0.25, 0.3) is 0 Å². The Labute approximate surface area is 129 Å². The molecule has 0 saturated heterocycles. The van der Waals surface area contributed by atoms with Crippen LogP contribution in [0.1, 0.15) is 31.7 Å². The van der Waals surface area contributed by atoms with Gasteiger partial charge in [-0.25, -0.2) is 9.59 Å². The SMILES string of the molecule is CSCC[C@H](NC(=O)Nc1cccc(C(C)C)c1)C(=O)O. The lowest BCUT2D eigenvalue weighted by Gasteiger charge is -2.15. The van der Waals surface area contributed by atoms with E-state index in [2.05, 4.69) is 24.5 Å². The first-order valence-electron chi connectivity index (χ1n) is 6.83. The van der Waals surface area contributed by atoms with Gasteiger partial charge in [-0.1, -0.05) is 26.0 Å². The smallest absolute Gasteiger partial charge is 0.326 e. The number of benzene rings is 1. The van der Waals surface area contributed by atoms with Crippen LogP contribution < -0.4 is 10.6 Å². The zero-order chi connectivity index (χ0) is 15.8. The number of hydrogen-bond donors (Lipinski definition) is 3. The predicted octanol–water partition coefficient (Wildman–Crippen LogP) is 3.14. The third-order valence-electron chi connectivity index (χ3n) is 3.03. The van der Waals surface area contributed by atoms with E-state index in [0.29, 0.717) is 23.8 Å². The minimum Gasteiger partial charge on any atom is -0.480 e. The van der Waals surface area contributed by atoms with Gasteiger partial charge >= 0.3 is 12.0 Å².